The fraction of sp³-hybridized carbons (Fsp3) is 0.227. The van der Waals surface area contributed by atoms with Gasteiger partial charge in [-0.3, -0.25) is 19.8 Å². The average Bonchev–Trinajstić information content (AvgIpc) is 2.88. The number of hydrogen-bond acceptors (Lipinski definition) is 3. The number of benzene rings is 1. The molecule has 3 rings (SSSR count). The lowest BCUT2D eigenvalue weighted by molar-refractivity contribution is -0.128. The smallest absolute Gasteiger partial charge is 0.265 e. The standard InChI is InChI=1S/C22H23N3O2S/c1-6-7-24-21(27)19(20(26)23-22(24)28)12-17-11-15(4)25(16(17)5)18-9-13(2)8-14(3)10-18/h6,8-12H,1,7H2,2-5H3,(H,23,26,28). The molecule has 0 bridgehead atoms. The van der Waals surface area contributed by atoms with E-state index in [0.717, 1.165) is 22.6 Å². The van der Waals surface area contributed by atoms with E-state index < -0.39 is 11.8 Å². The van der Waals surface area contributed by atoms with Crippen LogP contribution in [-0.2, 0) is 9.59 Å². The van der Waals surface area contributed by atoms with E-state index in [2.05, 4.69) is 48.5 Å². The van der Waals surface area contributed by atoms with Gasteiger partial charge in [-0.1, -0.05) is 12.1 Å². The first-order valence-electron chi connectivity index (χ1n) is 9.00. The van der Waals surface area contributed by atoms with Crippen molar-refractivity contribution in [3.8, 4) is 5.69 Å². The summed E-state index contributed by atoms with van der Waals surface area (Å²) in [5.41, 5.74) is 6.29. The SMILES string of the molecule is C=CCN1C(=O)C(=Cc2cc(C)n(-c3cc(C)cc(C)c3)c2C)C(=O)NC1=S. The summed E-state index contributed by atoms with van der Waals surface area (Å²) in [6.07, 6.45) is 3.21. The number of thiocarbonyl (C=S) groups is 1. The highest BCUT2D eigenvalue weighted by molar-refractivity contribution is 7.80. The van der Waals surface area contributed by atoms with Crippen LogP contribution in [0.5, 0.6) is 0 Å². The van der Waals surface area contributed by atoms with Gasteiger partial charge in [-0.2, -0.15) is 0 Å². The van der Waals surface area contributed by atoms with Gasteiger partial charge < -0.3 is 4.57 Å². The second kappa shape index (κ2) is 7.56. The molecule has 2 aromatic rings. The van der Waals surface area contributed by atoms with Crippen molar-refractivity contribution < 1.29 is 9.59 Å². The van der Waals surface area contributed by atoms with E-state index in [9.17, 15) is 9.59 Å². The number of nitrogens with zero attached hydrogens (tertiary/aromatic N) is 2. The Balaban J connectivity index is 2.07. The molecule has 2 amide bonds. The van der Waals surface area contributed by atoms with Gasteiger partial charge in [0.25, 0.3) is 11.8 Å². The molecule has 1 aromatic carbocycles. The highest BCUT2D eigenvalue weighted by Gasteiger charge is 2.32. The summed E-state index contributed by atoms with van der Waals surface area (Å²) >= 11 is 5.10. The summed E-state index contributed by atoms with van der Waals surface area (Å²) < 4.78 is 2.13. The molecule has 1 N–H and O–H groups in total. The Morgan fingerprint density at radius 1 is 1.07 bits per heavy atom. The van der Waals surface area contributed by atoms with E-state index in [1.807, 2.05) is 19.9 Å². The zero-order valence-corrected chi connectivity index (χ0v) is 17.3. The maximum atomic E-state index is 12.8. The van der Waals surface area contributed by atoms with Crippen LogP contribution in [0.15, 0.2) is 42.5 Å². The molecule has 144 valence electrons. The number of carbonyl (C=O) groups is 2. The van der Waals surface area contributed by atoms with Crippen molar-refractivity contribution in [1.82, 2.24) is 14.8 Å². The van der Waals surface area contributed by atoms with Gasteiger partial charge in [-0.05, 0) is 80.9 Å². The van der Waals surface area contributed by atoms with E-state index in [1.54, 1.807) is 12.2 Å². The molecule has 0 unspecified atom stereocenters. The molecule has 1 fully saturated rings. The molecule has 0 spiro atoms. The maximum absolute atomic E-state index is 12.8. The normalized spacial score (nSPS) is 15.9. The zero-order chi connectivity index (χ0) is 20.6. The fourth-order valence-corrected chi connectivity index (χ4v) is 3.81. The van der Waals surface area contributed by atoms with E-state index in [4.69, 9.17) is 12.2 Å². The minimum atomic E-state index is -0.480. The fourth-order valence-electron chi connectivity index (χ4n) is 3.56. The predicted octanol–water partition coefficient (Wildman–Crippen LogP) is 3.52. The van der Waals surface area contributed by atoms with Crippen LogP contribution < -0.4 is 5.32 Å². The van der Waals surface area contributed by atoms with Crippen molar-refractivity contribution in [3.63, 3.8) is 0 Å². The predicted molar refractivity (Wildman–Crippen MR) is 115 cm³/mol. The molecule has 2 heterocycles. The van der Waals surface area contributed by atoms with Gasteiger partial charge in [0, 0.05) is 23.6 Å². The lowest BCUT2D eigenvalue weighted by atomic mass is 10.1. The Hall–Kier alpha value is -2.99. The van der Waals surface area contributed by atoms with Crippen LogP contribution >= 0.6 is 12.2 Å². The van der Waals surface area contributed by atoms with Gasteiger partial charge in [0.1, 0.15) is 5.57 Å². The zero-order valence-electron chi connectivity index (χ0n) is 16.5. The monoisotopic (exact) mass is 393 g/mol. The molecular formula is C22H23N3O2S. The quantitative estimate of drug-likeness (QED) is 0.374. The molecular weight excluding hydrogens is 370 g/mol. The largest absolute Gasteiger partial charge is 0.318 e. The van der Waals surface area contributed by atoms with Crippen molar-refractivity contribution in [2.45, 2.75) is 27.7 Å². The number of hydrogen-bond donors (Lipinski definition) is 1. The number of carbonyl (C=O) groups excluding carboxylic acids is 2. The average molecular weight is 394 g/mol. The maximum Gasteiger partial charge on any atom is 0.265 e. The van der Waals surface area contributed by atoms with Gasteiger partial charge in [-0.25, -0.2) is 0 Å². The summed E-state index contributed by atoms with van der Waals surface area (Å²) in [6, 6.07) is 8.34. The van der Waals surface area contributed by atoms with Crippen LogP contribution in [0, 0.1) is 27.7 Å². The summed E-state index contributed by atoms with van der Waals surface area (Å²) in [5.74, 6) is -0.892. The Labute approximate surface area is 170 Å². The van der Waals surface area contributed by atoms with Crippen LogP contribution in [0.4, 0.5) is 0 Å². The first-order valence-corrected chi connectivity index (χ1v) is 9.41. The van der Waals surface area contributed by atoms with Crippen molar-refractivity contribution in [3.05, 3.63) is 70.6 Å². The van der Waals surface area contributed by atoms with Gasteiger partial charge in [0.05, 0.1) is 0 Å². The number of nitrogens with one attached hydrogen (secondary N) is 1. The Kier molecular flexibility index (Phi) is 5.34. The second-order valence-corrected chi connectivity index (χ2v) is 7.42. The minimum Gasteiger partial charge on any atom is -0.318 e. The lowest BCUT2D eigenvalue weighted by Crippen LogP contribution is -2.53. The molecule has 1 aliphatic heterocycles. The third kappa shape index (κ3) is 3.55. The first-order chi connectivity index (χ1) is 13.2. The molecule has 6 heteroatoms. The lowest BCUT2D eigenvalue weighted by Gasteiger charge is -2.27. The molecule has 0 atom stereocenters. The summed E-state index contributed by atoms with van der Waals surface area (Å²) in [7, 11) is 0. The van der Waals surface area contributed by atoms with E-state index in [-0.39, 0.29) is 17.2 Å². The van der Waals surface area contributed by atoms with Crippen LogP contribution in [0.1, 0.15) is 28.1 Å². The Morgan fingerprint density at radius 3 is 2.32 bits per heavy atom. The molecule has 0 saturated carbocycles. The minimum absolute atomic E-state index is 0.0659. The van der Waals surface area contributed by atoms with Crippen LogP contribution in [0.25, 0.3) is 11.8 Å². The van der Waals surface area contributed by atoms with E-state index in [0.29, 0.717) is 0 Å². The highest BCUT2D eigenvalue weighted by Crippen LogP contribution is 2.25. The van der Waals surface area contributed by atoms with Crippen LogP contribution in [-0.4, -0.2) is 32.9 Å². The van der Waals surface area contributed by atoms with Crippen LogP contribution in [0.2, 0.25) is 0 Å². The molecule has 1 aliphatic rings. The molecule has 0 aliphatic carbocycles. The van der Waals surface area contributed by atoms with Crippen molar-refractivity contribution >= 4 is 35.2 Å². The van der Waals surface area contributed by atoms with E-state index in [1.165, 1.54) is 16.0 Å². The number of amides is 2. The van der Waals surface area contributed by atoms with E-state index >= 15 is 0 Å². The summed E-state index contributed by atoms with van der Waals surface area (Å²) in [6.45, 7) is 12.0. The number of aryl methyl sites for hydroxylation is 3. The Morgan fingerprint density at radius 2 is 1.71 bits per heavy atom. The topological polar surface area (TPSA) is 54.3 Å². The summed E-state index contributed by atoms with van der Waals surface area (Å²) in [4.78, 5) is 26.5. The second-order valence-electron chi connectivity index (χ2n) is 7.03. The number of rotatable bonds is 4. The van der Waals surface area contributed by atoms with Gasteiger partial charge in [0.15, 0.2) is 5.11 Å². The number of aromatic nitrogens is 1. The third-order valence-corrected chi connectivity index (χ3v) is 5.05. The molecule has 1 saturated heterocycles. The van der Waals surface area contributed by atoms with Gasteiger partial charge in [0.2, 0.25) is 0 Å². The molecule has 1 aromatic heterocycles. The molecule has 28 heavy (non-hydrogen) atoms. The van der Waals surface area contributed by atoms with Crippen LogP contribution in [0.3, 0.4) is 0 Å². The van der Waals surface area contributed by atoms with Crippen molar-refractivity contribution in [1.29, 1.82) is 0 Å². The van der Waals surface area contributed by atoms with Gasteiger partial charge in [-0.15, -0.1) is 6.58 Å². The third-order valence-electron chi connectivity index (χ3n) is 4.73. The Bertz CT molecular complexity index is 1030. The molecule has 5 nitrogen and oxygen atoms in total. The summed E-state index contributed by atoms with van der Waals surface area (Å²) in [5, 5.41) is 2.68. The van der Waals surface area contributed by atoms with Crippen molar-refractivity contribution in [2.24, 2.45) is 0 Å². The van der Waals surface area contributed by atoms with Gasteiger partial charge >= 0.3 is 0 Å². The first kappa shape index (κ1) is 19.8. The highest BCUT2D eigenvalue weighted by atomic mass is 32.1. The molecule has 0 radical (unpaired) electrons. The van der Waals surface area contributed by atoms with Crippen molar-refractivity contribution in [2.75, 3.05) is 6.54 Å².